The molecule has 0 N–H and O–H groups in total. The Morgan fingerprint density at radius 2 is 2.00 bits per heavy atom. The molecule has 0 fully saturated rings. The number of nitrogens with zero attached hydrogens (tertiary/aromatic N) is 1. The molecule has 3 nitrogen and oxygen atoms in total. The molecule has 0 aliphatic rings. The Morgan fingerprint density at radius 1 is 1.42 bits per heavy atom. The maximum atomic E-state index is 11.4. The van der Waals surface area contributed by atoms with E-state index in [2.05, 4.69) is 6.58 Å². The topological polar surface area (TPSA) is 37.4 Å². The van der Waals surface area contributed by atoms with E-state index in [0.29, 0.717) is 13.1 Å². The molecule has 0 aromatic heterocycles. The number of hydrogen-bond acceptors (Lipinski definition) is 2. The molecule has 0 atom stereocenters. The van der Waals surface area contributed by atoms with Gasteiger partial charge in [-0.3, -0.25) is 0 Å². The van der Waals surface area contributed by atoms with Gasteiger partial charge in [0.2, 0.25) is 10.0 Å². The first-order valence-electron chi connectivity index (χ1n) is 4.17. The van der Waals surface area contributed by atoms with Gasteiger partial charge in [0, 0.05) is 13.1 Å². The minimum Gasteiger partial charge on any atom is -0.212 e. The van der Waals surface area contributed by atoms with E-state index < -0.39 is 10.0 Å². The summed E-state index contributed by atoms with van der Waals surface area (Å²) in [5.41, 5.74) is 0. The Morgan fingerprint density at radius 3 is 2.33 bits per heavy atom. The van der Waals surface area contributed by atoms with Crippen molar-refractivity contribution in [3.8, 4) is 0 Å². The third-order valence-corrected chi connectivity index (χ3v) is 3.43. The van der Waals surface area contributed by atoms with E-state index in [0.717, 1.165) is 6.42 Å². The van der Waals surface area contributed by atoms with Crippen LogP contribution in [-0.4, -0.2) is 31.6 Å². The van der Waals surface area contributed by atoms with Gasteiger partial charge in [-0.05, 0) is 6.42 Å². The van der Waals surface area contributed by atoms with E-state index in [9.17, 15) is 8.42 Å². The maximum Gasteiger partial charge on any atom is 0.217 e. The molecule has 0 amide bonds. The van der Waals surface area contributed by atoms with Crippen LogP contribution in [-0.2, 0) is 10.0 Å². The summed E-state index contributed by atoms with van der Waals surface area (Å²) in [6.07, 6.45) is 2.28. The molecule has 0 heterocycles. The zero-order chi connectivity index (χ0) is 9.61. The molecule has 0 aliphatic carbocycles. The second-order valence-corrected chi connectivity index (χ2v) is 4.57. The lowest BCUT2D eigenvalue weighted by atomic mass is 10.5. The molecule has 0 aromatic rings. The third-order valence-electron chi connectivity index (χ3n) is 1.55. The highest BCUT2D eigenvalue weighted by molar-refractivity contribution is 7.89. The van der Waals surface area contributed by atoms with Gasteiger partial charge in [-0.15, -0.1) is 6.58 Å². The molecule has 0 aliphatic heterocycles. The average molecular weight is 191 g/mol. The normalized spacial score (nSPS) is 11.9. The van der Waals surface area contributed by atoms with E-state index in [4.69, 9.17) is 0 Å². The minimum absolute atomic E-state index is 0.0425. The molecule has 0 unspecified atom stereocenters. The molecule has 0 saturated heterocycles. The molecule has 0 aromatic carbocycles. The monoisotopic (exact) mass is 191 g/mol. The fourth-order valence-electron chi connectivity index (χ4n) is 0.998. The van der Waals surface area contributed by atoms with Crippen molar-refractivity contribution in [2.45, 2.75) is 20.3 Å². The quantitative estimate of drug-likeness (QED) is 0.592. The first-order chi connectivity index (χ1) is 5.58. The van der Waals surface area contributed by atoms with E-state index in [-0.39, 0.29) is 5.75 Å². The van der Waals surface area contributed by atoms with Crippen LogP contribution in [0.15, 0.2) is 12.7 Å². The summed E-state index contributed by atoms with van der Waals surface area (Å²) in [6, 6.07) is 0. The van der Waals surface area contributed by atoms with Gasteiger partial charge in [-0.1, -0.05) is 19.9 Å². The highest BCUT2D eigenvalue weighted by Crippen LogP contribution is 2.02. The summed E-state index contributed by atoms with van der Waals surface area (Å²) in [6.45, 7) is 8.37. The van der Waals surface area contributed by atoms with E-state index >= 15 is 0 Å². The zero-order valence-electron chi connectivity index (χ0n) is 7.78. The lowest BCUT2D eigenvalue weighted by molar-refractivity contribution is 0.429. The van der Waals surface area contributed by atoms with Crippen LogP contribution in [0.2, 0.25) is 0 Å². The van der Waals surface area contributed by atoms with E-state index in [1.54, 1.807) is 0 Å². The van der Waals surface area contributed by atoms with Crippen molar-refractivity contribution >= 4 is 10.0 Å². The highest BCUT2D eigenvalue weighted by atomic mass is 32.2. The summed E-state index contributed by atoms with van der Waals surface area (Å²) in [7, 11) is -3.07. The molecule has 0 saturated carbocycles. The summed E-state index contributed by atoms with van der Waals surface area (Å²) in [5, 5.41) is 0. The molecule has 0 spiro atoms. The summed E-state index contributed by atoms with van der Waals surface area (Å²) in [4.78, 5) is 0. The Balaban J connectivity index is 4.37. The molecule has 4 heteroatoms. The van der Waals surface area contributed by atoms with Gasteiger partial charge in [0.25, 0.3) is 0 Å². The van der Waals surface area contributed by atoms with Crippen molar-refractivity contribution in [2.75, 3.05) is 18.8 Å². The van der Waals surface area contributed by atoms with E-state index in [1.165, 1.54) is 10.4 Å². The fourth-order valence-corrected chi connectivity index (χ4v) is 2.36. The molecular formula is C8H17NO2S. The number of hydrogen-bond donors (Lipinski definition) is 0. The summed E-state index contributed by atoms with van der Waals surface area (Å²) < 4.78 is 24.3. The van der Waals surface area contributed by atoms with Crippen LogP contribution in [0.1, 0.15) is 20.3 Å². The van der Waals surface area contributed by atoms with Crippen LogP contribution in [0.3, 0.4) is 0 Å². The third kappa shape index (κ3) is 3.36. The summed E-state index contributed by atoms with van der Waals surface area (Å²) in [5.74, 6) is 0.0425. The van der Waals surface area contributed by atoms with Gasteiger partial charge in [0.1, 0.15) is 0 Å². The lowest BCUT2D eigenvalue weighted by Gasteiger charge is -2.18. The zero-order valence-corrected chi connectivity index (χ0v) is 8.60. The first-order valence-corrected chi connectivity index (χ1v) is 5.78. The highest BCUT2D eigenvalue weighted by Gasteiger charge is 2.16. The molecule has 72 valence electrons. The number of rotatable bonds is 6. The van der Waals surface area contributed by atoms with Gasteiger partial charge >= 0.3 is 0 Å². The van der Waals surface area contributed by atoms with Crippen LogP contribution in [0.25, 0.3) is 0 Å². The minimum atomic E-state index is -3.07. The van der Waals surface area contributed by atoms with Crippen LogP contribution < -0.4 is 0 Å². The Labute approximate surface area is 75.1 Å². The van der Waals surface area contributed by atoms with Gasteiger partial charge in [0.15, 0.2) is 0 Å². The van der Waals surface area contributed by atoms with Crippen molar-refractivity contribution < 1.29 is 8.42 Å². The van der Waals surface area contributed by atoms with E-state index in [1.807, 2.05) is 13.8 Å². The van der Waals surface area contributed by atoms with Crippen LogP contribution in [0.4, 0.5) is 0 Å². The number of sulfonamides is 1. The van der Waals surface area contributed by atoms with Crippen LogP contribution >= 0.6 is 0 Å². The predicted octanol–water partition coefficient (Wildman–Crippen LogP) is 1.23. The van der Waals surface area contributed by atoms with Gasteiger partial charge in [-0.2, -0.15) is 0 Å². The van der Waals surface area contributed by atoms with Crippen LogP contribution in [0.5, 0.6) is 0 Å². The van der Waals surface area contributed by atoms with Crippen LogP contribution in [0, 0.1) is 0 Å². The molecular weight excluding hydrogens is 174 g/mol. The standard InChI is InChI=1S/C8H17NO2S/c1-4-7-9(6-3)12(10,11)8-5-2/h5H,2,4,6-8H2,1,3H3. The van der Waals surface area contributed by atoms with Gasteiger partial charge in [-0.25, -0.2) is 12.7 Å². The maximum absolute atomic E-state index is 11.4. The lowest BCUT2D eigenvalue weighted by Crippen LogP contribution is -2.32. The Hall–Kier alpha value is -0.350. The van der Waals surface area contributed by atoms with Gasteiger partial charge < -0.3 is 0 Å². The Kier molecular flexibility index (Phi) is 5.17. The average Bonchev–Trinajstić information content (AvgIpc) is 1.99. The second-order valence-electron chi connectivity index (χ2n) is 2.56. The Bertz CT molecular complexity index is 221. The van der Waals surface area contributed by atoms with Crippen molar-refractivity contribution in [1.29, 1.82) is 0 Å². The fraction of sp³-hybridized carbons (Fsp3) is 0.750. The largest absolute Gasteiger partial charge is 0.217 e. The molecule has 0 rings (SSSR count). The predicted molar refractivity (Wildman–Crippen MR) is 51.5 cm³/mol. The van der Waals surface area contributed by atoms with Crippen molar-refractivity contribution in [2.24, 2.45) is 0 Å². The van der Waals surface area contributed by atoms with Gasteiger partial charge in [0.05, 0.1) is 5.75 Å². The molecule has 12 heavy (non-hydrogen) atoms. The second kappa shape index (κ2) is 5.32. The van der Waals surface area contributed by atoms with Crippen molar-refractivity contribution in [3.05, 3.63) is 12.7 Å². The smallest absolute Gasteiger partial charge is 0.212 e. The summed E-state index contributed by atoms with van der Waals surface area (Å²) >= 11 is 0. The molecule has 0 bridgehead atoms. The van der Waals surface area contributed by atoms with Crippen molar-refractivity contribution in [3.63, 3.8) is 0 Å². The SMILES string of the molecule is C=CCS(=O)(=O)N(CC)CCC. The molecule has 0 radical (unpaired) electrons. The first kappa shape index (κ1) is 11.6. The van der Waals surface area contributed by atoms with Crippen molar-refractivity contribution in [1.82, 2.24) is 4.31 Å².